The van der Waals surface area contributed by atoms with E-state index < -0.39 is 11.6 Å². The topological polar surface area (TPSA) is 41.6 Å². The van der Waals surface area contributed by atoms with E-state index in [0.717, 1.165) is 42.9 Å². The zero-order chi connectivity index (χ0) is 20.8. The fourth-order valence-corrected chi connectivity index (χ4v) is 3.32. The van der Waals surface area contributed by atoms with Gasteiger partial charge in [0.2, 0.25) is 5.91 Å². The molecule has 0 bridgehead atoms. The summed E-state index contributed by atoms with van der Waals surface area (Å²) in [4.78, 5) is 14.5. The van der Waals surface area contributed by atoms with Gasteiger partial charge < -0.3 is 15.0 Å². The second-order valence-electron chi connectivity index (χ2n) is 7.18. The lowest BCUT2D eigenvalue weighted by Gasteiger charge is -2.34. The Morgan fingerprint density at radius 3 is 2.86 bits per heavy atom. The van der Waals surface area contributed by atoms with Gasteiger partial charge in [-0.3, -0.25) is 4.79 Å². The van der Waals surface area contributed by atoms with Crippen molar-refractivity contribution < 1.29 is 18.3 Å². The Morgan fingerprint density at radius 1 is 1.28 bits per heavy atom. The Morgan fingerprint density at radius 2 is 2.10 bits per heavy atom. The molecule has 154 valence electrons. The van der Waals surface area contributed by atoms with Gasteiger partial charge in [0.25, 0.3) is 0 Å². The van der Waals surface area contributed by atoms with Crippen LogP contribution in [0.4, 0.5) is 14.5 Å². The molecule has 6 heteroatoms. The molecule has 1 N–H and O–H groups in total. The van der Waals surface area contributed by atoms with Gasteiger partial charge in [0.05, 0.1) is 18.8 Å². The molecule has 1 fully saturated rings. The first-order valence-electron chi connectivity index (χ1n) is 9.86. The van der Waals surface area contributed by atoms with Gasteiger partial charge in [0.1, 0.15) is 0 Å². The summed E-state index contributed by atoms with van der Waals surface area (Å²) >= 11 is 0. The van der Waals surface area contributed by atoms with Crippen molar-refractivity contribution in [2.75, 3.05) is 24.6 Å². The molecule has 2 atom stereocenters. The van der Waals surface area contributed by atoms with Crippen molar-refractivity contribution in [3.8, 4) is 0 Å². The van der Waals surface area contributed by atoms with E-state index in [1.807, 2.05) is 19.1 Å². The number of nitrogens with zero attached hydrogens (tertiary/aromatic N) is 1. The molecule has 3 rings (SSSR count). The molecule has 0 aliphatic carbocycles. The second-order valence-corrected chi connectivity index (χ2v) is 7.18. The van der Waals surface area contributed by atoms with Crippen LogP contribution in [0.5, 0.6) is 0 Å². The highest BCUT2D eigenvalue weighted by atomic mass is 19.2. The van der Waals surface area contributed by atoms with Crippen LogP contribution in [-0.2, 0) is 9.53 Å². The quantitative estimate of drug-likeness (QED) is 0.728. The summed E-state index contributed by atoms with van der Waals surface area (Å²) in [7, 11) is 0. The number of halogens is 2. The number of nitrogens with one attached hydrogen (secondary N) is 1. The monoisotopic (exact) mass is 400 g/mol. The maximum absolute atomic E-state index is 13.3. The van der Waals surface area contributed by atoms with Crippen LogP contribution in [0.1, 0.15) is 37.4 Å². The predicted molar refractivity (Wildman–Crippen MR) is 111 cm³/mol. The van der Waals surface area contributed by atoms with Gasteiger partial charge in [0.15, 0.2) is 11.6 Å². The van der Waals surface area contributed by atoms with Gasteiger partial charge in [-0.25, -0.2) is 8.78 Å². The van der Waals surface area contributed by atoms with Crippen LogP contribution in [0, 0.1) is 11.6 Å². The van der Waals surface area contributed by atoms with Crippen molar-refractivity contribution in [3.63, 3.8) is 0 Å². The molecule has 1 aliphatic heterocycles. The molecule has 0 radical (unpaired) electrons. The smallest absolute Gasteiger partial charge is 0.244 e. The zero-order valence-corrected chi connectivity index (χ0v) is 16.7. The third-order valence-electron chi connectivity index (χ3n) is 5.06. The molecule has 0 spiro atoms. The lowest BCUT2D eigenvalue weighted by atomic mass is 10.1. The maximum Gasteiger partial charge on any atom is 0.244 e. The van der Waals surface area contributed by atoms with Crippen LogP contribution in [-0.4, -0.2) is 31.7 Å². The molecule has 1 saturated heterocycles. The summed E-state index contributed by atoms with van der Waals surface area (Å²) in [5, 5.41) is 2.91. The minimum atomic E-state index is -0.939. The molecule has 0 saturated carbocycles. The predicted octanol–water partition coefficient (Wildman–Crippen LogP) is 4.47. The van der Waals surface area contributed by atoms with Gasteiger partial charge in [-0.05, 0) is 54.8 Å². The summed E-state index contributed by atoms with van der Waals surface area (Å²) in [6.45, 7) is 6.45. The van der Waals surface area contributed by atoms with Crippen molar-refractivity contribution in [1.82, 2.24) is 5.32 Å². The van der Waals surface area contributed by atoms with E-state index >= 15 is 0 Å². The van der Waals surface area contributed by atoms with E-state index in [4.69, 9.17) is 4.74 Å². The van der Waals surface area contributed by atoms with Crippen molar-refractivity contribution >= 4 is 17.7 Å². The van der Waals surface area contributed by atoms with Crippen molar-refractivity contribution in [2.45, 2.75) is 32.4 Å². The Balaban J connectivity index is 1.62. The summed E-state index contributed by atoms with van der Waals surface area (Å²) < 4.78 is 32.0. The van der Waals surface area contributed by atoms with E-state index in [2.05, 4.69) is 29.3 Å². The molecule has 2 aromatic carbocycles. The van der Waals surface area contributed by atoms with Gasteiger partial charge in [-0.15, -0.1) is 0 Å². The number of benzene rings is 2. The largest absolute Gasteiger partial charge is 0.375 e. The van der Waals surface area contributed by atoms with E-state index in [0.29, 0.717) is 12.2 Å². The summed E-state index contributed by atoms with van der Waals surface area (Å²) in [6.07, 6.45) is 4.00. The number of rotatable bonds is 6. The minimum Gasteiger partial charge on any atom is -0.375 e. The molecule has 0 aromatic heterocycles. The van der Waals surface area contributed by atoms with Gasteiger partial charge in [-0.1, -0.05) is 25.1 Å². The highest BCUT2D eigenvalue weighted by Gasteiger charge is 2.20. The average molecular weight is 400 g/mol. The van der Waals surface area contributed by atoms with Gasteiger partial charge in [-0.2, -0.15) is 0 Å². The third kappa shape index (κ3) is 5.64. The zero-order valence-electron chi connectivity index (χ0n) is 16.7. The standard InChI is InChI=1S/C23H26F2N2O2/c1-3-20-15-27(11-12-29-20)19-6-4-5-18(14-19)16(2)26-23(28)10-8-17-7-9-21(24)22(25)13-17/h4-10,13-14,16,20H,3,11-12,15H2,1-2H3,(H,26,28)/b10-8+/t16-,20?/m0/s1. The minimum absolute atomic E-state index is 0.194. The Bertz CT molecular complexity index is 885. The highest BCUT2D eigenvalue weighted by molar-refractivity contribution is 5.92. The number of morpholine rings is 1. The number of carbonyl (C=O) groups excluding carboxylic acids is 1. The normalized spacial score (nSPS) is 18.1. The number of amides is 1. The van der Waals surface area contributed by atoms with Crippen LogP contribution in [0.3, 0.4) is 0 Å². The number of hydrogen-bond donors (Lipinski definition) is 1. The Hall–Kier alpha value is -2.73. The van der Waals surface area contributed by atoms with Gasteiger partial charge >= 0.3 is 0 Å². The van der Waals surface area contributed by atoms with Crippen molar-refractivity contribution in [3.05, 3.63) is 71.3 Å². The molecule has 1 heterocycles. The highest BCUT2D eigenvalue weighted by Crippen LogP contribution is 2.23. The molecular weight excluding hydrogens is 374 g/mol. The van der Waals surface area contributed by atoms with Gasteiger partial charge in [0, 0.05) is 24.9 Å². The van der Waals surface area contributed by atoms with Crippen LogP contribution in [0.15, 0.2) is 48.5 Å². The van der Waals surface area contributed by atoms with Crippen LogP contribution in [0.25, 0.3) is 6.08 Å². The molecular formula is C23H26F2N2O2. The molecule has 4 nitrogen and oxygen atoms in total. The number of anilines is 1. The first-order valence-corrected chi connectivity index (χ1v) is 9.86. The van der Waals surface area contributed by atoms with E-state index in [9.17, 15) is 13.6 Å². The first-order chi connectivity index (χ1) is 14.0. The molecule has 29 heavy (non-hydrogen) atoms. The molecule has 1 aliphatic rings. The number of ether oxygens (including phenoxy) is 1. The Labute approximate surface area is 170 Å². The molecule has 1 amide bonds. The van der Waals surface area contributed by atoms with E-state index in [1.165, 1.54) is 18.2 Å². The van der Waals surface area contributed by atoms with Crippen LogP contribution in [0.2, 0.25) is 0 Å². The van der Waals surface area contributed by atoms with E-state index in [1.54, 1.807) is 0 Å². The fraction of sp³-hybridized carbons (Fsp3) is 0.348. The maximum atomic E-state index is 13.3. The SMILES string of the molecule is CCC1CN(c2cccc([C@H](C)NC(=O)/C=C/c3ccc(F)c(F)c3)c2)CCO1. The lowest BCUT2D eigenvalue weighted by Crippen LogP contribution is -2.42. The van der Waals surface area contributed by atoms with Crippen molar-refractivity contribution in [2.24, 2.45) is 0 Å². The number of hydrogen-bond acceptors (Lipinski definition) is 3. The van der Waals surface area contributed by atoms with Crippen molar-refractivity contribution in [1.29, 1.82) is 0 Å². The van der Waals surface area contributed by atoms with Crippen LogP contribution < -0.4 is 10.2 Å². The first kappa shape index (κ1) is 21.0. The summed E-state index contributed by atoms with van der Waals surface area (Å²) in [5.74, 6) is -2.15. The lowest BCUT2D eigenvalue weighted by molar-refractivity contribution is -0.117. The molecule has 1 unspecified atom stereocenters. The van der Waals surface area contributed by atoms with Crippen LogP contribution >= 0.6 is 0 Å². The molecule has 2 aromatic rings. The fourth-order valence-electron chi connectivity index (χ4n) is 3.32. The average Bonchev–Trinajstić information content (AvgIpc) is 2.74. The summed E-state index contributed by atoms with van der Waals surface area (Å²) in [6, 6.07) is 11.4. The second kappa shape index (κ2) is 9.65. The van der Waals surface area contributed by atoms with E-state index in [-0.39, 0.29) is 18.1 Å². The summed E-state index contributed by atoms with van der Waals surface area (Å²) in [5.41, 5.74) is 2.53. The Kier molecular flexibility index (Phi) is 6.99. The third-order valence-corrected chi connectivity index (χ3v) is 5.06. The number of carbonyl (C=O) groups is 1.